The summed E-state index contributed by atoms with van der Waals surface area (Å²) in [6, 6.07) is 0. The van der Waals surface area contributed by atoms with Crippen molar-refractivity contribution in [1.82, 2.24) is 0 Å². The number of carbonyl (C=O) groups excluding carboxylic acids is 3. The van der Waals surface area contributed by atoms with Gasteiger partial charge >= 0.3 is 17.9 Å². The second-order valence-corrected chi connectivity index (χ2v) is 23.5. The van der Waals surface area contributed by atoms with Crippen molar-refractivity contribution in [1.29, 1.82) is 0 Å². The first kappa shape index (κ1) is 72.4. The summed E-state index contributed by atoms with van der Waals surface area (Å²) >= 11 is 0. The number of esters is 3. The van der Waals surface area contributed by atoms with Gasteiger partial charge in [-0.2, -0.15) is 0 Å². The van der Waals surface area contributed by atoms with Crippen molar-refractivity contribution in [2.75, 3.05) is 13.2 Å². The van der Waals surface area contributed by atoms with E-state index in [4.69, 9.17) is 14.2 Å². The van der Waals surface area contributed by atoms with Gasteiger partial charge in [0, 0.05) is 19.3 Å². The highest BCUT2D eigenvalue weighted by atomic mass is 16.6. The number of hydrogen-bond acceptors (Lipinski definition) is 6. The van der Waals surface area contributed by atoms with Crippen LogP contribution in [0.1, 0.15) is 400 Å². The first-order valence-corrected chi connectivity index (χ1v) is 34.0. The molecule has 0 aliphatic carbocycles. The lowest BCUT2D eigenvalue weighted by Crippen LogP contribution is -2.30. The monoisotopic (exact) mass is 1050 g/mol. The molecule has 6 nitrogen and oxygen atoms in total. The number of ether oxygens (including phenoxy) is 3. The van der Waals surface area contributed by atoms with Crippen LogP contribution < -0.4 is 0 Å². The molecule has 0 saturated heterocycles. The van der Waals surface area contributed by atoms with Crippen LogP contribution in [0.4, 0.5) is 0 Å². The summed E-state index contributed by atoms with van der Waals surface area (Å²) in [4.78, 5) is 38.3. The largest absolute Gasteiger partial charge is 0.462 e. The van der Waals surface area contributed by atoms with E-state index in [-0.39, 0.29) is 31.1 Å². The Hall–Kier alpha value is -1.59. The van der Waals surface area contributed by atoms with Crippen molar-refractivity contribution in [3.8, 4) is 0 Å². The fraction of sp³-hybridized carbons (Fsp3) is 0.956. The molecule has 0 aromatic heterocycles. The van der Waals surface area contributed by atoms with Gasteiger partial charge in [0.25, 0.3) is 0 Å². The van der Waals surface area contributed by atoms with Crippen LogP contribution in [0.15, 0.2) is 0 Å². The van der Waals surface area contributed by atoms with Gasteiger partial charge in [0.1, 0.15) is 13.2 Å². The van der Waals surface area contributed by atoms with Gasteiger partial charge in [-0.1, -0.05) is 361 Å². The van der Waals surface area contributed by atoms with Crippen LogP contribution in [0.2, 0.25) is 0 Å². The lowest BCUT2D eigenvalue weighted by atomic mass is 10.0. The van der Waals surface area contributed by atoms with Gasteiger partial charge in [-0.05, 0) is 19.3 Å². The molecule has 0 aromatic rings. The van der Waals surface area contributed by atoms with Crippen molar-refractivity contribution in [2.24, 2.45) is 0 Å². The lowest BCUT2D eigenvalue weighted by Gasteiger charge is -2.18. The lowest BCUT2D eigenvalue weighted by molar-refractivity contribution is -0.167. The summed E-state index contributed by atoms with van der Waals surface area (Å²) in [7, 11) is 0. The zero-order valence-corrected chi connectivity index (χ0v) is 50.7. The van der Waals surface area contributed by atoms with Crippen LogP contribution in [0.3, 0.4) is 0 Å². The molecule has 1 atom stereocenters. The molecule has 6 heteroatoms. The van der Waals surface area contributed by atoms with Crippen LogP contribution in [0.5, 0.6) is 0 Å². The van der Waals surface area contributed by atoms with Crippen molar-refractivity contribution in [2.45, 2.75) is 406 Å². The van der Waals surface area contributed by atoms with E-state index < -0.39 is 6.10 Å². The number of rotatable bonds is 64. The molecule has 0 rings (SSSR count). The predicted octanol–water partition coefficient (Wildman–Crippen LogP) is 23.1. The summed E-state index contributed by atoms with van der Waals surface area (Å²) < 4.78 is 17.0. The molecule has 1 unspecified atom stereocenters. The summed E-state index contributed by atoms with van der Waals surface area (Å²) in [6.07, 6.45) is 74.2. The topological polar surface area (TPSA) is 78.9 Å². The molecule has 0 aromatic carbocycles. The Balaban J connectivity index is 4.12. The minimum atomic E-state index is -0.762. The molecule has 0 heterocycles. The van der Waals surface area contributed by atoms with Gasteiger partial charge in [-0.3, -0.25) is 14.4 Å². The van der Waals surface area contributed by atoms with Gasteiger partial charge in [-0.25, -0.2) is 0 Å². The Labute approximate surface area is 463 Å². The normalized spacial score (nSPS) is 11.9. The number of hydrogen-bond donors (Lipinski definition) is 0. The Morgan fingerprint density at radius 3 is 0.541 bits per heavy atom. The SMILES string of the molecule is CCCCCCCCCCCCCCCCCCCCCCCCCCCCCC(=O)OCC(COC(=O)CCCCCCCCCCCCC)OC(=O)CCCCCCCCCCCCCCCCCCCC. The first-order valence-electron chi connectivity index (χ1n) is 34.0. The second-order valence-electron chi connectivity index (χ2n) is 23.5. The molecular weight excluding hydrogens is 913 g/mol. The predicted molar refractivity (Wildman–Crippen MR) is 321 cm³/mol. The third kappa shape index (κ3) is 61.3. The standard InChI is InChI=1S/C68H132O6/c1-4-7-10-13-16-19-22-24-26-28-30-31-32-33-34-35-36-37-38-40-41-43-46-49-52-55-58-61-67(70)73-64-65(63-72-66(69)60-57-54-51-48-45-21-18-15-12-9-6-3)74-68(71)62-59-56-53-50-47-44-42-39-29-27-25-23-20-17-14-11-8-5-2/h65H,4-64H2,1-3H3. The van der Waals surface area contributed by atoms with Crippen LogP contribution in [-0.4, -0.2) is 37.2 Å². The molecule has 0 radical (unpaired) electrons. The van der Waals surface area contributed by atoms with E-state index in [1.165, 1.54) is 302 Å². The van der Waals surface area contributed by atoms with E-state index in [9.17, 15) is 14.4 Å². The third-order valence-corrected chi connectivity index (χ3v) is 15.9. The van der Waals surface area contributed by atoms with Gasteiger partial charge in [0.05, 0.1) is 0 Å². The minimum absolute atomic E-state index is 0.0606. The molecular formula is C68H132O6. The van der Waals surface area contributed by atoms with Crippen molar-refractivity contribution in [3.63, 3.8) is 0 Å². The fourth-order valence-electron chi connectivity index (χ4n) is 10.7. The maximum Gasteiger partial charge on any atom is 0.306 e. The highest BCUT2D eigenvalue weighted by Crippen LogP contribution is 2.19. The molecule has 0 aliphatic heterocycles. The summed E-state index contributed by atoms with van der Waals surface area (Å²) in [5, 5.41) is 0. The van der Waals surface area contributed by atoms with Gasteiger partial charge in [0.2, 0.25) is 0 Å². The summed E-state index contributed by atoms with van der Waals surface area (Å²) in [5.41, 5.74) is 0. The molecule has 440 valence electrons. The molecule has 0 spiro atoms. The van der Waals surface area contributed by atoms with E-state index in [0.717, 1.165) is 57.8 Å². The third-order valence-electron chi connectivity index (χ3n) is 15.9. The maximum atomic E-state index is 12.9. The zero-order valence-electron chi connectivity index (χ0n) is 50.7. The quantitative estimate of drug-likeness (QED) is 0.0343. The van der Waals surface area contributed by atoms with Gasteiger partial charge in [-0.15, -0.1) is 0 Å². The van der Waals surface area contributed by atoms with E-state index in [1.807, 2.05) is 0 Å². The van der Waals surface area contributed by atoms with E-state index in [1.54, 1.807) is 0 Å². The fourth-order valence-corrected chi connectivity index (χ4v) is 10.7. The van der Waals surface area contributed by atoms with Crippen LogP contribution in [-0.2, 0) is 28.6 Å². The molecule has 0 amide bonds. The van der Waals surface area contributed by atoms with Crippen molar-refractivity contribution < 1.29 is 28.6 Å². The van der Waals surface area contributed by atoms with E-state index in [2.05, 4.69) is 20.8 Å². The molecule has 0 saturated carbocycles. The Bertz CT molecular complexity index is 1110. The van der Waals surface area contributed by atoms with Gasteiger partial charge < -0.3 is 14.2 Å². The average Bonchev–Trinajstić information content (AvgIpc) is 3.40. The Kier molecular flexibility index (Phi) is 62.6. The zero-order chi connectivity index (χ0) is 53.6. The molecule has 74 heavy (non-hydrogen) atoms. The second kappa shape index (κ2) is 63.9. The van der Waals surface area contributed by atoms with Crippen LogP contribution >= 0.6 is 0 Å². The molecule has 0 N–H and O–H groups in total. The number of unbranched alkanes of at least 4 members (excludes halogenated alkanes) is 53. The minimum Gasteiger partial charge on any atom is -0.462 e. The highest BCUT2D eigenvalue weighted by molar-refractivity contribution is 5.71. The van der Waals surface area contributed by atoms with Crippen LogP contribution in [0, 0.1) is 0 Å². The van der Waals surface area contributed by atoms with Gasteiger partial charge in [0.15, 0.2) is 6.10 Å². The van der Waals surface area contributed by atoms with E-state index >= 15 is 0 Å². The maximum absolute atomic E-state index is 12.9. The molecule has 0 aliphatic rings. The Morgan fingerprint density at radius 1 is 0.216 bits per heavy atom. The number of carbonyl (C=O) groups is 3. The summed E-state index contributed by atoms with van der Waals surface area (Å²) in [6.45, 7) is 6.72. The highest BCUT2D eigenvalue weighted by Gasteiger charge is 2.19. The molecule has 0 fully saturated rings. The summed E-state index contributed by atoms with van der Waals surface area (Å²) in [5.74, 6) is -0.825. The van der Waals surface area contributed by atoms with Crippen molar-refractivity contribution in [3.05, 3.63) is 0 Å². The average molecular weight is 1050 g/mol. The van der Waals surface area contributed by atoms with E-state index in [0.29, 0.717) is 19.3 Å². The Morgan fingerprint density at radius 2 is 0.365 bits per heavy atom. The smallest absolute Gasteiger partial charge is 0.306 e. The van der Waals surface area contributed by atoms with Crippen LogP contribution in [0.25, 0.3) is 0 Å². The molecule has 0 bridgehead atoms. The first-order chi connectivity index (χ1) is 36.5. The van der Waals surface area contributed by atoms with Crippen molar-refractivity contribution >= 4 is 17.9 Å².